The molecule has 4 rings (SSSR count). The Bertz CT molecular complexity index is 1190. The Morgan fingerprint density at radius 1 is 0.931 bits per heavy atom. The van der Waals surface area contributed by atoms with Crippen LogP contribution in [-0.2, 0) is 9.59 Å². The molecule has 0 saturated carbocycles. The van der Waals surface area contributed by atoms with Gasteiger partial charge in [-0.15, -0.1) is 0 Å². The van der Waals surface area contributed by atoms with Gasteiger partial charge in [0.1, 0.15) is 19.5 Å². The van der Waals surface area contributed by atoms with Gasteiger partial charge in [0, 0.05) is 13.8 Å². The molecule has 0 fully saturated rings. The first-order valence-electron chi connectivity index (χ1n) is 8.79. The quantitative estimate of drug-likeness (QED) is 0.492. The summed E-state index contributed by atoms with van der Waals surface area (Å²) in [6.07, 6.45) is 1.26. The van der Waals surface area contributed by atoms with Gasteiger partial charge >= 0.3 is 11.9 Å². The minimum absolute atomic E-state index is 0.00485. The maximum Gasteiger partial charge on any atom is 0.308 e. The van der Waals surface area contributed by atoms with E-state index >= 15 is 0 Å². The van der Waals surface area contributed by atoms with Gasteiger partial charge in [0.05, 0.1) is 10.9 Å². The Balaban J connectivity index is 1.87. The van der Waals surface area contributed by atoms with Crippen LogP contribution in [0.1, 0.15) is 13.8 Å². The fraction of sp³-hybridized carbons (Fsp3) is 0.190. The van der Waals surface area contributed by atoms with Crippen LogP contribution in [-0.4, -0.2) is 25.2 Å². The van der Waals surface area contributed by atoms with Crippen molar-refractivity contribution in [3.8, 4) is 34.1 Å². The van der Waals surface area contributed by atoms with Crippen LogP contribution in [0.4, 0.5) is 0 Å². The van der Waals surface area contributed by atoms with Crippen LogP contribution in [0, 0.1) is 0 Å². The monoisotopic (exact) mass is 396 g/mol. The Labute approximate surface area is 164 Å². The predicted molar refractivity (Wildman–Crippen MR) is 102 cm³/mol. The van der Waals surface area contributed by atoms with Crippen molar-refractivity contribution < 1.29 is 33.0 Å². The maximum absolute atomic E-state index is 13.1. The van der Waals surface area contributed by atoms with Crippen molar-refractivity contribution in [2.75, 3.05) is 13.2 Å². The molecule has 1 aromatic heterocycles. The molecule has 0 amide bonds. The molecule has 0 aliphatic carbocycles. The number of carbonyl (C=O) groups excluding carboxylic acids is 2. The number of rotatable bonds is 3. The fourth-order valence-corrected chi connectivity index (χ4v) is 3.04. The van der Waals surface area contributed by atoms with E-state index in [2.05, 4.69) is 0 Å². The van der Waals surface area contributed by atoms with E-state index in [-0.39, 0.29) is 27.9 Å². The summed E-state index contributed by atoms with van der Waals surface area (Å²) in [4.78, 5) is 35.9. The number of hydrogen-bond acceptors (Lipinski definition) is 8. The normalized spacial score (nSPS) is 12.5. The van der Waals surface area contributed by atoms with Crippen LogP contribution < -0.4 is 24.4 Å². The van der Waals surface area contributed by atoms with E-state index in [9.17, 15) is 14.4 Å². The third kappa shape index (κ3) is 3.52. The zero-order valence-electron chi connectivity index (χ0n) is 15.6. The second-order valence-corrected chi connectivity index (χ2v) is 6.29. The number of hydrogen-bond donors (Lipinski definition) is 0. The summed E-state index contributed by atoms with van der Waals surface area (Å²) >= 11 is 0. The lowest BCUT2D eigenvalue weighted by Crippen LogP contribution is -2.15. The number of carbonyl (C=O) groups is 2. The maximum atomic E-state index is 13.1. The molecule has 0 spiro atoms. The molecule has 0 bridgehead atoms. The summed E-state index contributed by atoms with van der Waals surface area (Å²) in [5.74, 6) is -0.253. The molecule has 148 valence electrons. The van der Waals surface area contributed by atoms with E-state index in [0.29, 0.717) is 35.8 Å². The molecular weight excluding hydrogens is 380 g/mol. The standard InChI is InChI=1S/C21H16O8/c1-11(22)28-17-6-4-14-19(24)15(10-27-20(14)21(17)29-12(2)23)13-3-5-16-18(9-13)26-8-7-25-16/h3-6,9-10H,7-8H2,1-2H3. The van der Waals surface area contributed by atoms with Crippen molar-refractivity contribution in [1.29, 1.82) is 0 Å². The molecule has 1 aliphatic heterocycles. The summed E-state index contributed by atoms with van der Waals surface area (Å²) in [6.45, 7) is 3.29. The van der Waals surface area contributed by atoms with Gasteiger partial charge in [0.15, 0.2) is 22.8 Å². The Morgan fingerprint density at radius 2 is 1.66 bits per heavy atom. The molecule has 2 aromatic carbocycles. The first kappa shape index (κ1) is 18.5. The Kier molecular flexibility index (Phi) is 4.67. The van der Waals surface area contributed by atoms with E-state index in [1.54, 1.807) is 18.2 Å². The molecule has 0 radical (unpaired) electrons. The van der Waals surface area contributed by atoms with Gasteiger partial charge in [0.2, 0.25) is 11.2 Å². The van der Waals surface area contributed by atoms with Crippen molar-refractivity contribution in [1.82, 2.24) is 0 Å². The van der Waals surface area contributed by atoms with Crippen LogP contribution in [0.5, 0.6) is 23.0 Å². The van der Waals surface area contributed by atoms with E-state index in [1.165, 1.54) is 32.2 Å². The average molecular weight is 396 g/mol. The van der Waals surface area contributed by atoms with E-state index in [4.69, 9.17) is 23.4 Å². The van der Waals surface area contributed by atoms with Crippen molar-refractivity contribution in [3.63, 3.8) is 0 Å². The second-order valence-electron chi connectivity index (χ2n) is 6.29. The third-order valence-electron chi connectivity index (χ3n) is 4.21. The highest BCUT2D eigenvalue weighted by molar-refractivity contribution is 5.91. The lowest BCUT2D eigenvalue weighted by Gasteiger charge is -2.18. The zero-order valence-corrected chi connectivity index (χ0v) is 15.6. The van der Waals surface area contributed by atoms with Crippen LogP contribution >= 0.6 is 0 Å². The number of benzene rings is 2. The van der Waals surface area contributed by atoms with E-state index in [1.807, 2.05) is 0 Å². The number of fused-ring (bicyclic) bond motifs is 2. The van der Waals surface area contributed by atoms with Crippen molar-refractivity contribution in [2.45, 2.75) is 13.8 Å². The SMILES string of the molecule is CC(=O)Oc1ccc2c(=O)c(-c3ccc4c(c3)OCCO4)coc2c1OC(C)=O. The molecule has 29 heavy (non-hydrogen) atoms. The smallest absolute Gasteiger partial charge is 0.308 e. The largest absolute Gasteiger partial charge is 0.486 e. The summed E-state index contributed by atoms with van der Waals surface area (Å²) < 4.78 is 26.9. The topological polar surface area (TPSA) is 101 Å². The van der Waals surface area contributed by atoms with Crippen LogP contribution in [0.3, 0.4) is 0 Å². The Hall–Kier alpha value is -3.81. The molecule has 8 nitrogen and oxygen atoms in total. The summed E-state index contributed by atoms with van der Waals surface area (Å²) in [6, 6.07) is 7.99. The van der Waals surface area contributed by atoms with Gasteiger partial charge in [-0.2, -0.15) is 0 Å². The first-order valence-corrected chi connectivity index (χ1v) is 8.79. The van der Waals surface area contributed by atoms with Crippen LogP contribution in [0.15, 0.2) is 45.8 Å². The van der Waals surface area contributed by atoms with Crippen molar-refractivity contribution in [2.24, 2.45) is 0 Å². The summed E-state index contributed by atoms with van der Waals surface area (Å²) in [5.41, 5.74) is 0.544. The summed E-state index contributed by atoms with van der Waals surface area (Å²) in [5, 5.41) is 0.171. The molecule has 8 heteroatoms. The Morgan fingerprint density at radius 3 is 2.38 bits per heavy atom. The second kappa shape index (κ2) is 7.31. The highest BCUT2D eigenvalue weighted by Gasteiger charge is 2.21. The summed E-state index contributed by atoms with van der Waals surface area (Å²) in [7, 11) is 0. The van der Waals surface area contributed by atoms with E-state index in [0.717, 1.165) is 0 Å². The van der Waals surface area contributed by atoms with Gasteiger partial charge in [-0.3, -0.25) is 14.4 Å². The lowest BCUT2D eigenvalue weighted by molar-refractivity contribution is -0.134. The third-order valence-corrected chi connectivity index (χ3v) is 4.21. The van der Waals surface area contributed by atoms with Crippen molar-refractivity contribution >= 4 is 22.9 Å². The molecular formula is C21H16O8. The van der Waals surface area contributed by atoms with Crippen LogP contribution in [0.2, 0.25) is 0 Å². The minimum atomic E-state index is -0.649. The number of ether oxygens (including phenoxy) is 4. The van der Waals surface area contributed by atoms with Gasteiger partial charge in [-0.1, -0.05) is 6.07 Å². The average Bonchev–Trinajstić information content (AvgIpc) is 2.69. The van der Waals surface area contributed by atoms with Crippen LogP contribution in [0.25, 0.3) is 22.1 Å². The van der Waals surface area contributed by atoms with E-state index < -0.39 is 11.9 Å². The highest BCUT2D eigenvalue weighted by atomic mass is 16.6. The lowest BCUT2D eigenvalue weighted by atomic mass is 10.0. The van der Waals surface area contributed by atoms with Gasteiger partial charge in [-0.05, 0) is 29.8 Å². The molecule has 0 N–H and O–H groups in total. The number of esters is 2. The van der Waals surface area contributed by atoms with Gasteiger partial charge in [-0.25, -0.2) is 0 Å². The van der Waals surface area contributed by atoms with Gasteiger partial charge < -0.3 is 23.4 Å². The predicted octanol–water partition coefficient (Wildman–Crippen LogP) is 3.08. The molecule has 3 aromatic rings. The van der Waals surface area contributed by atoms with Crippen molar-refractivity contribution in [3.05, 3.63) is 46.8 Å². The highest BCUT2D eigenvalue weighted by Crippen LogP contribution is 2.37. The molecule has 1 aliphatic rings. The zero-order chi connectivity index (χ0) is 20.5. The molecule has 0 unspecified atom stereocenters. The molecule has 0 atom stereocenters. The minimum Gasteiger partial charge on any atom is -0.486 e. The molecule has 2 heterocycles. The fourth-order valence-electron chi connectivity index (χ4n) is 3.04. The molecule has 0 saturated heterocycles. The first-order chi connectivity index (χ1) is 13.9. The van der Waals surface area contributed by atoms with Gasteiger partial charge in [0.25, 0.3) is 0 Å².